The summed E-state index contributed by atoms with van der Waals surface area (Å²) >= 11 is 0. The van der Waals surface area contributed by atoms with Crippen molar-refractivity contribution in [2.75, 3.05) is 19.8 Å². The Morgan fingerprint density at radius 3 is 2.89 bits per heavy atom. The third-order valence-electron chi connectivity index (χ3n) is 3.13. The van der Waals surface area contributed by atoms with E-state index in [2.05, 4.69) is 0 Å². The monoisotopic (exact) mass is 249 g/mol. The van der Waals surface area contributed by atoms with Gasteiger partial charge in [0.25, 0.3) is 0 Å². The Bertz CT molecular complexity index is 436. The summed E-state index contributed by atoms with van der Waals surface area (Å²) in [6, 6.07) is 6.32. The molecular weight excluding hydrogens is 233 g/mol. The van der Waals surface area contributed by atoms with Crippen molar-refractivity contribution in [3.05, 3.63) is 35.1 Å². The van der Waals surface area contributed by atoms with Crippen molar-refractivity contribution in [2.45, 2.75) is 19.4 Å². The zero-order chi connectivity index (χ0) is 12.8. The van der Waals surface area contributed by atoms with Crippen molar-refractivity contribution in [1.29, 1.82) is 5.26 Å². The lowest BCUT2D eigenvalue weighted by Crippen LogP contribution is -2.20. The number of hydrogen-bond acceptors (Lipinski definition) is 3. The highest BCUT2D eigenvalue weighted by atomic mass is 19.1. The fraction of sp³-hybridized carbons (Fsp3) is 0.500. The van der Waals surface area contributed by atoms with E-state index in [-0.39, 0.29) is 12.4 Å². The zero-order valence-electron chi connectivity index (χ0n) is 10.2. The van der Waals surface area contributed by atoms with Gasteiger partial charge in [0.2, 0.25) is 0 Å². The van der Waals surface area contributed by atoms with Gasteiger partial charge in [-0.15, -0.1) is 0 Å². The van der Waals surface area contributed by atoms with Crippen molar-refractivity contribution >= 4 is 0 Å². The molecule has 4 heteroatoms. The minimum Gasteiger partial charge on any atom is -0.381 e. The van der Waals surface area contributed by atoms with Crippen molar-refractivity contribution in [3.8, 4) is 6.07 Å². The molecule has 0 unspecified atom stereocenters. The van der Waals surface area contributed by atoms with E-state index in [4.69, 9.17) is 14.7 Å². The number of rotatable bonds is 4. The lowest BCUT2D eigenvalue weighted by atomic mass is 10.0. The SMILES string of the molecule is N#Cc1ccc(F)c(COCC2CCOCC2)c1. The van der Waals surface area contributed by atoms with E-state index in [0.29, 0.717) is 23.7 Å². The first-order chi connectivity index (χ1) is 8.79. The van der Waals surface area contributed by atoms with E-state index >= 15 is 0 Å². The smallest absolute Gasteiger partial charge is 0.128 e. The molecule has 0 spiro atoms. The molecule has 96 valence electrons. The average molecular weight is 249 g/mol. The Hall–Kier alpha value is -1.44. The minimum atomic E-state index is -0.319. The molecule has 0 amide bonds. The second kappa shape index (κ2) is 6.48. The number of nitriles is 1. The molecule has 1 aliphatic heterocycles. The maximum atomic E-state index is 13.5. The molecule has 0 bridgehead atoms. The van der Waals surface area contributed by atoms with Crippen LogP contribution in [0.25, 0.3) is 0 Å². The van der Waals surface area contributed by atoms with Crippen LogP contribution < -0.4 is 0 Å². The maximum absolute atomic E-state index is 13.5. The molecule has 1 saturated heterocycles. The highest BCUT2D eigenvalue weighted by Gasteiger charge is 2.14. The third-order valence-corrected chi connectivity index (χ3v) is 3.13. The fourth-order valence-electron chi connectivity index (χ4n) is 2.00. The molecule has 1 aromatic rings. The average Bonchev–Trinajstić information content (AvgIpc) is 2.42. The van der Waals surface area contributed by atoms with Gasteiger partial charge in [0.15, 0.2) is 0 Å². The molecule has 1 fully saturated rings. The molecule has 0 atom stereocenters. The lowest BCUT2D eigenvalue weighted by molar-refractivity contribution is 0.0151. The maximum Gasteiger partial charge on any atom is 0.128 e. The van der Waals surface area contributed by atoms with Gasteiger partial charge >= 0.3 is 0 Å². The van der Waals surface area contributed by atoms with Gasteiger partial charge in [0, 0.05) is 18.8 Å². The standard InChI is InChI=1S/C14H16FNO2/c15-14-2-1-12(8-16)7-13(14)10-18-9-11-3-5-17-6-4-11/h1-2,7,11H,3-6,9-10H2. The summed E-state index contributed by atoms with van der Waals surface area (Å²) in [5.41, 5.74) is 0.905. The van der Waals surface area contributed by atoms with Gasteiger partial charge in [-0.1, -0.05) is 0 Å². The van der Waals surface area contributed by atoms with Gasteiger partial charge in [-0.25, -0.2) is 4.39 Å². The number of nitrogens with zero attached hydrogens (tertiary/aromatic N) is 1. The predicted octanol–water partition coefficient (Wildman–Crippen LogP) is 2.64. The fourth-order valence-corrected chi connectivity index (χ4v) is 2.00. The van der Waals surface area contributed by atoms with Crippen LogP contribution in [0.15, 0.2) is 18.2 Å². The van der Waals surface area contributed by atoms with Crippen molar-refractivity contribution in [1.82, 2.24) is 0 Å². The van der Waals surface area contributed by atoms with Gasteiger partial charge in [0.1, 0.15) is 5.82 Å². The summed E-state index contributed by atoms with van der Waals surface area (Å²) in [4.78, 5) is 0. The molecule has 0 radical (unpaired) electrons. The molecule has 0 aromatic heterocycles. The van der Waals surface area contributed by atoms with Gasteiger partial charge < -0.3 is 9.47 Å². The van der Waals surface area contributed by atoms with Crippen LogP contribution in [0.4, 0.5) is 4.39 Å². The first-order valence-electron chi connectivity index (χ1n) is 6.13. The Labute approximate surface area is 106 Å². The number of benzene rings is 1. The quantitative estimate of drug-likeness (QED) is 0.823. The van der Waals surface area contributed by atoms with E-state index in [1.165, 1.54) is 12.1 Å². The normalized spacial score (nSPS) is 16.4. The molecule has 18 heavy (non-hydrogen) atoms. The molecule has 0 N–H and O–H groups in total. The van der Waals surface area contributed by atoms with E-state index in [0.717, 1.165) is 26.1 Å². The molecule has 2 rings (SSSR count). The predicted molar refractivity (Wildman–Crippen MR) is 64.3 cm³/mol. The van der Waals surface area contributed by atoms with Gasteiger partial charge in [0.05, 0.1) is 24.8 Å². The molecule has 0 saturated carbocycles. The van der Waals surface area contributed by atoms with Gasteiger partial charge in [-0.05, 0) is 37.0 Å². The summed E-state index contributed by atoms with van der Waals surface area (Å²) in [6.07, 6.45) is 2.00. The number of hydrogen-bond donors (Lipinski definition) is 0. The number of ether oxygens (including phenoxy) is 2. The molecule has 3 nitrogen and oxygen atoms in total. The van der Waals surface area contributed by atoms with Crippen LogP contribution in [-0.4, -0.2) is 19.8 Å². The third kappa shape index (κ3) is 3.52. The van der Waals surface area contributed by atoms with Crippen LogP contribution in [0.2, 0.25) is 0 Å². The molecule has 0 aliphatic carbocycles. The van der Waals surface area contributed by atoms with Crippen LogP contribution in [0.3, 0.4) is 0 Å². The van der Waals surface area contributed by atoms with Gasteiger partial charge in [-0.2, -0.15) is 5.26 Å². The van der Waals surface area contributed by atoms with Crippen LogP contribution in [-0.2, 0) is 16.1 Å². The largest absolute Gasteiger partial charge is 0.381 e. The first-order valence-corrected chi connectivity index (χ1v) is 6.13. The summed E-state index contributed by atoms with van der Waals surface area (Å²) in [5, 5.41) is 8.76. The topological polar surface area (TPSA) is 42.2 Å². The van der Waals surface area contributed by atoms with Crippen molar-refractivity contribution in [3.63, 3.8) is 0 Å². The highest BCUT2D eigenvalue weighted by molar-refractivity contribution is 5.33. The molecule has 1 aliphatic rings. The summed E-state index contributed by atoms with van der Waals surface area (Å²) in [5.74, 6) is 0.182. The zero-order valence-corrected chi connectivity index (χ0v) is 10.2. The van der Waals surface area contributed by atoms with E-state index in [1.54, 1.807) is 6.07 Å². The van der Waals surface area contributed by atoms with Crippen molar-refractivity contribution < 1.29 is 13.9 Å². The Morgan fingerprint density at radius 2 is 2.17 bits per heavy atom. The van der Waals surface area contributed by atoms with E-state index in [9.17, 15) is 4.39 Å². The molecular formula is C14H16FNO2. The van der Waals surface area contributed by atoms with Gasteiger partial charge in [-0.3, -0.25) is 0 Å². The van der Waals surface area contributed by atoms with Crippen molar-refractivity contribution in [2.24, 2.45) is 5.92 Å². The summed E-state index contributed by atoms with van der Waals surface area (Å²) in [6.45, 7) is 2.41. The summed E-state index contributed by atoms with van der Waals surface area (Å²) < 4.78 is 24.3. The van der Waals surface area contributed by atoms with E-state index < -0.39 is 0 Å². The Morgan fingerprint density at radius 1 is 1.39 bits per heavy atom. The second-order valence-electron chi connectivity index (χ2n) is 4.49. The first kappa shape index (κ1) is 13.0. The van der Waals surface area contributed by atoms with Crippen LogP contribution in [0, 0.1) is 23.1 Å². The Kier molecular flexibility index (Phi) is 4.68. The van der Waals surface area contributed by atoms with Crippen LogP contribution in [0.1, 0.15) is 24.0 Å². The molecule has 1 aromatic carbocycles. The molecule has 1 heterocycles. The number of halogens is 1. The van der Waals surface area contributed by atoms with E-state index in [1.807, 2.05) is 6.07 Å². The summed E-state index contributed by atoms with van der Waals surface area (Å²) in [7, 11) is 0. The minimum absolute atomic E-state index is 0.221. The highest BCUT2D eigenvalue weighted by Crippen LogP contribution is 2.17. The van der Waals surface area contributed by atoms with Crippen LogP contribution >= 0.6 is 0 Å². The second-order valence-corrected chi connectivity index (χ2v) is 4.49. The lowest BCUT2D eigenvalue weighted by Gasteiger charge is -2.21. The van der Waals surface area contributed by atoms with Crippen LogP contribution in [0.5, 0.6) is 0 Å². The Balaban J connectivity index is 1.84.